The van der Waals surface area contributed by atoms with E-state index in [-0.39, 0.29) is 23.4 Å². The maximum atomic E-state index is 13.2. The predicted molar refractivity (Wildman–Crippen MR) is 102 cm³/mol. The molecule has 140 valence electrons. The van der Waals surface area contributed by atoms with Crippen LogP contribution in [0, 0.1) is 5.82 Å². The first-order chi connectivity index (χ1) is 13.0. The number of hydrogen-bond donors (Lipinski definition) is 4. The van der Waals surface area contributed by atoms with Gasteiger partial charge in [0.1, 0.15) is 11.5 Å². The Morgan fingerprint density at radius 3 is 2.89 bits per heavy atom. The maximum Gasteiger partial charge on any atom is 0.267 e. The van der Waals surface area contributed by atoms with E-state index in [4.69, 9.17) is 17.3 Å². The lowest BCUT2D eigenvalue weighted by Gasteiger charge is -2.07. The number of halogens is 2. The van der Waals surface area contributed by atoms with E-state index < -0.39 is 5.82 Å². The summed E-state index contributed by atoms with van der Waals surface area (Å²) in [6.45, 7) is 0.784. The van der Waals surface area contributed by atoms with E-state index in [0.717, 1.165) is 11.1 Å². The number of carbonyl (C=O) groups excluding carboxylic acids is 1. The Balaban J connectivity index is 1.74. The normalized spacial score (nSPS) is 10.8. The van der Waals surface area contributed by atoms with E-state index in [9.17, 15) is 9.18 Å². The molecule has 5 N–H and O–H groups in total. The molecule has 9 heteroatoms. The Morgan fingerprint density at radius 1 is 1.33 bits per heavy atom. The summed E-state index contributed by atoms with van der Waals surface area (Å²) in [6.07, 6.45) is 3.34. The van der Waals surface area contributed by atoms with E-state index in [2.05, 4.69) is 25.6 Å². The van der Waals surface area contributed by atoms with Crippen LogP contribution in [0.5, 0.6) is 0 Å². The summed E-state index contributed by atoms with van der Waals surface area (Å²) < 4.78 is 13.2. The minimum absolute atomic E-state index is 0.0160. The molecular weight excluding hydrogens is 371 g/mol. The van der Waals surface area contributed by atoms with Crippen LogP contribution in [0.25, 0.3) is 11.3 Å². The zero-order chi connectivity index (χ0) is 19.4. The van der Waals surface area contributed by atoms with Crippen LogP contribution >= 0.6 is 11.6 Å². The molecule has 0 spiro atoms. The van der Waals surface area contributed by atoms with Gasteiger partial charge < -0.3 is 21.4 Å². The van der Waals surface area contributed by atoms with Gasteiger partial charge in [-0.05, 0) is 30.8 Å². The lowest BCUT2D eigenvalue weighted by molar-refractivity contribution is 0.0946. The number of nitrogen functional groups attached to an aromatic ring is 1. The molecule has 0 unspecified atom stereocenters. The number of anilines is 1. The molecule has 27 heavy (non-hydrogen) atoms. The van der Waals surface area contributed by atoms with E-state index in [1.165, 1.54) is 12.1 Å². The number of benzene rings is 1. The van der Waals surface area contributed by atoms with Crippen LogP contribution < -0.4 is 16.4 Å². The van der Waals surface area contributed by atoms with Gasteiger partial charge in [0.2, 0.25) is 5.95 Å². The fourth-order valence-electron chi connectivity index (χ4n) is 2.58. The van der Waals surface area contributed by atoms with Crippen molar-refractivity contribution in [2.45, 2.75) is 13.1 Å². The highest BCUT2D eigenvalue weighted by Crippen LogP contribution is 2.23. The lowest BCUT2D eigenvalue weighted by atomic mass is 10.1. The fourth-order valence-corrected chi connectivity index (χ4v) is 2.78. The molecule has 2 heterocycles. The number of H-pyrrole nitrogens is 1. The lowest BCUT2D eigenvalue weighted by Crippen LogP contribution is -2.23. The predicted octanol–water partition coefficient (Wildman–Crippen LogP) is 2.50. The van der Waals surface area contributed by atoms with Crippen LogP contribution in [-0.4, -0.2) is 27.9 Å². The number of amides is 1. The van der Waals surface area contributed by atoms with Crippen molar-refractivity contribution in [3.05, 3.63) is 64.3 Å². The number of nitrogens with one attached hydrogen (secondary N) is 3. The molecule has 7 nitrogen and oxygen atoms in total. The molecule has 0 saturated carbocycles. The maximum absolute atomic E-state index is 13.2. The monoisotopic (exact) mass is 388 g/mol. The van der Waals surface area contributed by atoms with E-state index in [0.29, 0.717) is 23.5 Å². The first-order valence-corrected chi connectivity index (χ1v) is 8.52. The Labute approximate surface area is 160 Å². The zero-order valence-electron chi connectivity index (χ0n) is 14.5. The number of rotatable bonds is 6. The SMILES string of the molecule is CNCc1cnc(N)nc1-c1c[nH]c(C(=O)NCc2ccc(F)c(Cl)c2)c1. The van der Waals surface area contributed by atoms with Crippen molar-refractivity contribution < 1.29 is 9.18 Å². The van der Waals surface area contributed by atoms with Gasteiger partial charge in [-0.2, -0.15) is 0 Å². The largest absolute Gasteiger partial charge is 0.368 e. The summed E-state index contributed by atoms with van der Waals surface area (Å²) >= 11 is 5.75. The van der Waals surface area contributed by atoms with Crippen LogP contribution in [0.4, 0.5) is 10.3 Å². The Morgan fingerprint density at radius 2 is 2.15 bits per heavy atom. The average Bonchev–Trinajstić information content (AvgIpc) is 3.14. The van der Waals surface area contributed by atoms with Crippen molar-refractivity contribution in [3.8, 4) is 11.3 Å². The summed E-state index contributed by atoms with van der Waals surface area (Å²) in [4.78, 5) is 23.6. The molecule has 0 atom stereocenters. The van der Waals surface area contributed by atoms with Gasteiger partial charge >= 0.3 is 0 Å². The first kappa shape index (κ1) is 18.8. The van der Waals surface area contributed by atoms with Gasteiger partial charge in [-0.25, -0.2) is 14.4 Å². The fraction of sp³-hybridized carbons (Fsp3) is 0.167. The van der Waals surface area contributed by atoms with Gasteiger partial charge in [-0.3, -0.25) is 4.79 Å². The third-order valence-electron chi connectivity index (χ3n) is 3.89. The third kappa shape index (κ3) is 4.42. The van der Waals surface area contributed by atoms with Crippen molar-refractivity contribution in [2.75, 3.05) is 12.8 Å². The number of aromatic amines is 1. The van der Waals surface area contributed by atoms with Crippen molar-refractivity contribution in [1.29, 1.82) is 0 Å². The van der Waals surface area contributed by atoms with E-state index >= 15 is 0 Å². The van der Waals surface area contributed by atoms with Crippen LogP contribution in [0.3, 0.4) is 0 Å². The molecular formula is C18H18ClFN6O. The van der Waals surface area contributed by atoms with Gasteiger partial charge in [0.05, 0.1) is 10.7 Å². The van der Waals surface area contributed by atoms with Crippen molar-refractivity contribution in [1.82, 2.24) is 25.6 Å². The van der Waals surface area contributed by atoms with Crippen LogP contribution in [0.1, 0.15) is 21.6 Å². The summed E-state index contributed by atoms with van der Waals surface area (Å²) in [5.74, 6) is -0.647. The molecule has 1 aromatic carbocycles. The van der Waals surface area contributed by atoms with Gasteiger partial charge in [-0.1, -0.05) is 17.7 Å². The van der Waals surface area contributed by atoms with Crippen LogP contribution in [0.15, 0.2) is 36.7 Å². The second kappa shape index (κ2) is 8.15. The molecule has 0 aliphatic heterocycles. The molecule has 2 aromatic heterocycles. The Kier molecular flexibility index (Phi) is 5.68. The molecule has 0 aliphatic carbocycles. The van der Waals surface area contributed by atoms with E-state index in [1.807, 2.05) is 7.05 Å². The number of hydrogen-bond acceptors (Lipinski definition) is 5. The number of nitrogens with zero attached hydrogens (tertiary/aromatic N) is 2. The minimum atomic E-state index is -0.498. The number of nitrogens with two attached hydrogens (primary N) is 1. The van der Waals surface area contributed by atoms with Crippen molar-refractivity contribution in [2.24, 2.45) is 0 Å². The highest BCUT2D eigenvalue weighted by molar-refractivity contribution is 6.30. The molecule has 0 fully saturated rings. The molecule has 0 saturated heterocycles. The summed E-state index contributed by atoms with van der Waals surface area (Å²) in [6, 6.07) is 5.99. The van der Waals surface area contributed by atoms with Crippen LogP contribution in [0.2, 0.25) is 5.02 Å². The number of aromatic nitrogens is 3. The van der Waals surface area contributed by atoms with Gasteiger partial charge in [-0.15, -0.1) is 0 Å². The first-order valence-electron chi connectivity index (χ1n) is 8.15. The Bertz CT molecular complexity index is 974. The highest BCUT2D eigenvalue weighted by Gasteiger charge is 2.14. The summed E-state index contributed by atoms with van der Waals surface area (Å²) in [5.41, 5.74) is 8.99. The van der Waals surface area contributed by atoms with Gasteiger partial charge in [0, 0.05) is 36.6 Å². The molecule has 3 rings (SSSR count). The standard InChI is InChI=1S/C18H18ClFN6O/c1-22-7-12-9-25-18(21)26-16(12)11-5-15(23-8-11)17(27)24-6-10-2-3-14(20)13(19)4-10/h2-5,8-9,22-23H,6-7H2,1H3,(H,24,27)(H2,21,25,26). The Hall–Kier alpha value is -2.97. The van der Waals surface area contributed by atoms with Crippen molar-refractivity contribution >= 4 is 23.5 Å². The second-order valence-corrected chi connectivity index (χ2v) is 6.27. The molecule has 0 bridgehead atoms. The molecule has 0 aliphatic rings. The highest BCUT2D eigenvalue weighted by atomic mass is 35.5. The van der Waals surface area contributed by atoms with Gasteiger partial charge in [0.15, 0.2) is 0 Å². The zero-order valence-corrected chi connectivity index (χ0v) is 15.3. The quantitative estimate of drug-likeness (QED) is 0.518. The summed E-state index contributed by atoms with van der Waals surface area (Å²) in [7, 11) is 1.82. The van der Waals surface area contributed by atoms with E-state index in [1.54, 1.807) is 24.5 Å². The molecule has 0 radical (unpaired) electrons. The average molecular weight is 389 g/mol. The minimum Gasteiger partial charge on any atom is -0.368 e. The summed E-state index contributed by atoms with van der Waals surface area (Å²) in [5, 5.41) is 5.82. The third-order valence-corrected chi connectivity index (χ3v) is 4.18. The van der Waals surface area contributed by atoms with Gasteiger partial charge in [0.25, 0.3) is 5.91 Å². The van der Waals surface area contributed by atoms with Crippen molar-refractivity contribution in [3.63, 3.8) is 0 Å². The van der Waals surface area contributed by atoms with Crippen LogP contribution in [-0.2, 0) is 13.1 Å². The number of carbonyl (C=O) groups is 1. The topological polar surface area (TPSA) is 109 Å². The molecule has 1 amide bonds. The smallest absolute Gasteiger partial charge is 0.267 e. The second-order valence-electron chi connectivity index (χ2n) is 5.87. The molecule has 3 aromatic rings.